The molecule has 1 amide bonds. The Labute approximate surface area is 127 Å². The smallest absolute Gasteiger partial charge is 0.307 e. The second kappa shape index (κ2) is 6.46. The van der Waals surface area contributed by atoms with Crippen LogP contribution in [0.3, 0.4) is 0 Å². The largest absolute Gasteiger partial charge is 0.481 e. The number of hydrogen-bond acceptors (Lipinski definition) is 2. The third-order valence-corrected chi connectivity index (χ3v) is 4.26. The van der Waals surface area contributed by atoms with Gasteiger partial charge in [-0.3, -0.25) is 9.59 Å². The molecule has 0 spiro atoms. The van der Waals surface area contributed by atoms with Crippen molar-refractivity contribution in [3.05, 3.63) is 28.2 Å². The lowest BCUT2D eigenvalue weighted by atomic mass is 9.78. The zero-order valence-corrected chi connectivity index (χ0v) is 12.2. The standard InChI is InChI=1S/C14H15Cl2NO3/c15-10-6-3-7-11(16)12(10)17-13(18)8-4-1-2-5-9(8)14(19)20/h3,6-9H,1-2,4-5H2,(H,17,18)(H,19,20). The van der Waals surface area contributed by atoms with Crippen molar-refractivity contribution in [3.63, 3.8) is 0 Å². The van der Waals surface area contributed by atoms with E-state index in [1.54, 1.807) is 18.2 Å². The van der Waals surface area contributed by atoms with E-state index in [0.717, 1.165) is 12.8 Å². The summed E-state index contributed by atoms with van der Waals surface area (Å²) in [6.45, 7) is 0. The average molecular weight is 316 g/mol. The van der Waals surface area contributed by atoms with Gasteiger partial charge in [0.15, 0.2) is 0 Å². The monoisotopic (exact) mass is 315 g/mol. The average Bonchev–Trinajstić information content (AvgIpc) is 2.43. The number of para-hydroxylation sites is 1. The van der Waals surface area contributed by atoms with Crippen LogP contribution in [0.1, 0.15) is 25.7 Å². The predicted octanol–water partition coefficient (Wildman–Crippen LogP) is 3.82. The van der Waals surface area contributed by atoms with Gasteiger partial charge in [-0.25, -0.2) is 0 Å². The summed E-state index contributed by atoms with van der Waals surface area (Å²) in [5.74, 6) is -2.42. The van der Waals surface area contributed by atoms with E-state index in [-0.39, 0.29) is 5.91 Å². The maximum absolute atomic E-state index is 12.3. The minimum absolute atomic E-state index is 0.327. The Hall–Kier alpha value is -1.26. The summed E-state index contributed by atoms with van der Waals surface area (Å²) in [4.78, 5) is 23.5. The number of carboxylic acid groups (broad SMARTS) is 1. The molecule has 0 bridgehead atoms. The van der Waals surface area contributed by atoms with Gasteiger partial charge in [0.05, 0.1) is 27.6 Å². The molecule has 0 heterocycles. The summed E-state index contributed by atoms with van der Waals surface area (Å²) < 4.78 is 0. The summed E-state index contributed by atoms with van der Waals surface area (Å²) in [6.07, 6.45) is 2.81. The first-order chi connectivity index (χ1) is 9.50. The lowest BCUT2D eigenvalue weighted by Crippen LogP contribution is -2.36. The summed E-state index contributed by atoms with van der Waals surface area (Å²) in [7, 11) is 0. The Morgan fingerprint density at radius 2 is 1.65 bits per heavy atom. The maximum atomic E-state index is 12.3. The first-order valence-electron chi connectivity index (χ1n) is 6.48. The Kier molecular flexibility index (Phi) is 4.89. The number of aliphatic carboxylic acids is 1. The second-order valence-corrected chi connectivity index (χ2v) is 5.74. The molecular weight excluding hydrogens is 301 g/mol. The summed E-state index contributed by atoms with van der Waals surface area (Å²) in [5.41, 5.74) is 0.343. The van der Waals surface area contributed by atoms with Crippen LogP contribution >= 0.6 is 23.2 Å². The van der Waals surface area contributed by atoms with E-state index in [0.29, 0.717) is 28.6 Å². The van der Waals surface area contributed by atoms with Crippen LogP contribution in [0.25, 0.3) is 0 Å². The van der Waals surface area contributed by atoms with E-state index in [9.17, 15) is 14.7 Å². The molecule has 108 valence electrons. The quantitative estimate of drug-likeness (QED) is 0.891. The van der Waals surface area contributed by atoms with Crippen molar-refractivity contribution in [2.24, 2.45) is 11.8 Å². The second-order valence-electron chi connectivity index (χ2n) is 4.92. The molecule has 1 saturated carbocycles. The number of halogens is 2. The van der Waals surface area contributed by atoms with Crippen molar-refractivity contribution < 1.29 is 14.7 Å². The van der Waals surface area contributed by atoms with E-state index < -0.39 is 17.8 Å². The molecule has 4 nitrogen and oxygen atoms in total. The van der Waals surface area contributed by atoms with Crippen molar-refractivity contribution in [1.82, 2.24) is 0 Å². The molecule has 2 atom stereocenters. The number of rotatable bonds is 3. The number of benzene rings is 1. The fraction of sp³-hybridized carbons (Fsp3) is 0.429. The molecule has 1 aliphatic carbocycles. The molecule has 1 aromatic rings. The molecule has 2 N–H and O–H groups in total. The number of carbonyl (C=O) groups excluding carboxylic acids is 1. The van der Waals surface area contributed by atoms with E-state index in [1.807, 2.05) is 0 Å². The minimum Gasteiger partial charge on any atom is -0.481 e. The first kappa shape index (κ1) is 15.1. The lowest BCUT2D eigenvalue weighted by Gasteiger charge is -2.27. The van der Waals surface area contributed by atoms with Crippen molar-refractivity contribution in [3.8, 4) is 0 Å². The van der Waals surface area contributed by atoms with Gasteiger partial charge in [0.25, 0.3) is 0 Å². The van der Waals surface area contributed by atoms with Gasteiger partial charge in [0, 0.05) is 0 Å². The van der Waals surface area contributed by atoms with Gasteiger partial charge in [-0.05, 0) is 25.0 Å². The maximum Gasteiger partial charge on any atom is 0.307 e. The SMILES string of the molecule is O=C(O)C1CCCCC1C(=O)Nc1c(Cl)cccc1Cl. The van der Waals surface area contributed by atoms with Crippen molar-refractivity contribution >= 4 is 40.8 Å². The van der Waals surface area contributed by atoms with Gasteiger partial charge in [-0.15, -0.1) is 0 Å². The van der Waals surface area contributed by atoms with Crippen LogP contribution in [0.4, 0.5) is 5.69 Å². The highest BCUT2D eigenvalue weighted by Gasteiger charge is 2.36. The fourth-order valence-corrected chi connectivity index (χ4v) is 3.07. The molecule has 20 heavy (non-hydrogen) atoms. The van der Waals surface area contributed by atoms with Crippen LogP contribution < -0.4 is 5.32 Å². The number of carboxylic acids is 1. The number of hydrogen-bond donors (Lipinski definition) is 2. The zero-order valence-electron chi connectivity index (χ0n) is 10.7. The minimum atomic E-state index is -0.921. The first-order valence-corrected chi connectivity index (χ1v) is 7.24. The molecular formula is C14H15Cl2NO3. The van der Waals surface area contributed by atoms with E-state index in [1.165, 1.54) is 0 Å². The number of anilines is 1. The number of nitrogens with one attached hydrogen (secondary N) is 1. The van der Waals surface area contributed by atoms with Gasteiger partial charge in [0.2, 0.25) is 5.91 Å². The van der Waals surface area contributed by atoms with E-state index in [2.05, 4.69) is 5.32 Å². The van der Waals surface area contributed by atoms with Crippen molar-refractivity contribution in [2.75, 3.05) is 5.32 Å². The third kappa shape index (κ3) is 3.25. The number of carbonyl (C=O) groups is 2. The Morgan fingerprint density at radius 1 is 1.10 bits per heavy atom. The lowest BCUT2D eigenvalue weighted by molar-refractivity contribution is -0.147. The summed E-state index contributed by atoms with van der Waals surface area (Å²) >= 11 is 12.0. The van der Waals surface area contributed by atoms with Crippen molar-refractivity contribution in [2.45, 2.75) is 25.7 Å². The van der Waals surface area contributed by atoms with Gasteiger partial charge in [-0.2, -0.15) is 0 Å². The van der Waals surface area contributed by atoms with Gasteiger partial charge in [-0.1, -0.05) is 42.1 Å². The highest BCUT2D eigenvalue weighted by atomic mass is 35.5. The fourth-order valence-electron chi connectivity index (χ4n) is 2.57. The molecule has 1 aromatic carbocycles. The predicted molar refractivity (Wildman–Crippen MR) is 78.2 cm³/mol. The number of amides is 1. The summed E-state index contributed by atoms with van der Waals surface area (Å²) in [6, 6.07) is 4.93. The van der Waals surface area contributed by atoms with Gasteiger partial charge >= 0.3 is 5.97 Å². The molecule has 2 rings (SSSR count). The van der Waals surface area contributed by atoms with Crippen LogP contribution in [0, 0.1) is 11.8 Å². The molecule has 1 fully saturated rings. The Morgan fingerprint density at radius 3 is 2.20 bits per heavy atom. The van der Waals surface area contributed by atoms with Crippen LogP contribution in [-0.2, 0) is 9.59 Å². The molecule has 6 heteroatoms. The Balaban J connectivity index is 2.16. The third-order valence-electron chi connectivity index (χ3n) is 3.63. The normalized spacial score (nSPS) is 22.3. The highest BCUT2D eigenvalue weighted by Crippen LogP contribution is 2.34. The molecule has 0 radical (unpaired) electrons. The molecule has 0 aromatic heterocycles. The highest BCUT2D eigenvalue weighted by molar-refractivity contribution is 6.39. The van der Waals surface area contributed by atoms with Gasteiger partial charge < -0.3 is 10.4 Å². The van der Waals surface area contributed by atoms with E-state index >= 15 is 0 Å². The van der Waals surface area contributed by atoms with Crippen LogP contribution in [0.15, 0.2) is 18.2 Å². The van der Waals surface area contributed by atoms with Crippen molar-refractivity contribution in [1.29, 1.82) is 0 Å². The molecule has 0 aliphatic heterocycles. The van der Waals surface area contributed by atoms with Crippen LogP contribution in [-0.4, -0.2) is 17.0 Å². The molecule has 2 unspecified atom stereocenters. The van der Waals surface area contributed by atoms with E-state index in [4.69, 9.17) is 23.2 Å². The molecule has 0 saturated heterocycles. The Bertz CT molecular complexity index is 513. The molecule has 1 aliphatic rings. The summed E-state index contributed by atoms with van der Waals surface area (Å²) in [5, 5.41) is 12.6. The topological polar surface area (TPSA) is 66.4 Å². The van der Waals surface area contributed by atoms with Gasteiger partial charge in [0.1, 0.15) is 0 Å². The van der Waals surface area contributed by atoms with Crippen LogP contribution in [0.2, 0.25) is 10.0 Å². The van der Waals surface area contributed by atoms with Crippen LogP contribution in [0.5, 0.6) is 0 Å². The zero-order chi connectivity index (χ0) is 14.7.